The third-order valence-electron chi connectivity index (χ3n) is 16.4. The lowest BCUT2D eigenvalue weighted by atomic mass is 9.90. The molecule has 0 amide bonds. The third kappa shape index (κ3) is 25.3. The van der Waals surface area contributed by atoms with Crippen molar-refractivity contribution in [2.24, 2.45) is 17.2 Å². The zero-order valence-corrected chi connectivity index (χ0v) is 60.8. The minimum Gasteiger partial charge on any atom is -0.457 e. The molecule has 3 heterocycles. The van der Waals surface area contributed by atoms with E-state index in [1.54, 1.807) is 91.4 Å². The van der Waals surface area contributed by atoms with Crippen molar-refractivity contribution in [2.45, 2.75) is 70.7 Å². The molecule has 534 valence electrons. The van der Waals surface area contributed by atoms with E-state index in [2.05, 4.69) is 15.0 Å². The molecule has 0 saturated carbocycles. The number of carbonyl (C=O) groups excluding carboxylic acids is 6. The van der Waals surface area contributed by atoms with Crippen molar-refractivity contribution in [1.82, 2.24) is 15.0 Å². The number of nitrogens with zero attached hydrogens (tertiary/aromatic N) is 3. The predicted molar refractivity (Wildman–Crippen MR) is 417 cm³/mol. The highest BCUT2D eigenvalue weighted by Crippen LogP contribution is 2.26. The number of benzene rings is 9. The molecule has 3 atom stereocenters. The summed E-state index contributed by atoms with van der Waals surface area (Å²) in [6.07, 6.45) is 11.6. The normalized spacial score (nSPS) is 11.3. The van der Waals surface area contributed by atoms with E-state index in [1.165, 1.54) is 0 Å². The lowest BCUT2D eigenvalue weighted by Gasteiger charge is -2.15. The van der Waals surface area contributed by atoms with Crippen LogP contribution in [0.15, 0.2) is 274 Å². The average molecular weight is 1470 g/mol. The molecular weight excluding hydrogens is 1390 g/mol. The van der Waals surface area contributed by atoms with Crippen LogP contribution >= 0.6 is 46.4 Å². The molecule has 0 bridgehead atoms. The van der Waals surface area contributed by atoms with E-state index >= 15 is 0 Å². The number of Topliss-reactive ketones (excluding diaryl/α,β-unsaturated/α-hetero) is 3. The van der Waals surface area contributed by atoms with Gasteiger partial charge in [-0.2, -0.15) is 0 Å². The number of alkyl halides is 4. The Bertz CT molecular complexity index is 4190. The summed E-state index contributed by atoms with van der Waals surface area (Å²) in [5, 5.41) is 6.70. The Kier molecular flexibility index (Phi) is 34.4. The summed E-state index contributed by atoms with van der Waals surface area (Å²) in [7, 11) is 0. The number of ether oxygens (including phenoxy) is 3. The van der Waals surface area contributed by atoms with Gasteiger partial charge in [0.05, 0.1) is 45.1 Å². The van der Waals surface area contributed by atoms with Crippen LogP contribution in [0.5, 0.6) is 0 Å². The lowest BCUT2D eigenvalue weighted by Crippen LogP contribution is -2.23. The Balaban J connectivity index is 0.000000207. The fourth-order valence-corrected chi connectivity index (χ4v) is 11.0. The van der Waals surface area contributed by atoms with Crippen LogP contribution in [0.1, 0.15) is 113 Å². The number of esters is 3. The number of rotatable bonds is 24. The van der Waals surface area contributed by atoms with Crippen molar-refractivity contribution < 1.29 is 43.0 Å². The van der Waals surface area contributed by atoms with Gasteiger partial charge in [-0.3, -0.25) is 29.3 Å². The molecule has 104 heavy (non-hydrogen) atoms. The molecule has 0 saturated heterocycles. The van der Waals surface area contributed by atoms with E-state index in [0.29, 0.717) is 36.0 Å². The van der Waals surface area contributed by atoms with Gasteiger partial charge in [0, 0.05) is 92.2 Å². The molecule has 12 rings (SSSR count). The van der Waals surface area contributed by atoms with E-state index in [9.17, 15) is 28.8 Å². The van der Waals surface area contributed by atoms with Crippen molar-refractivity contribution >= 4 is 114 Å². The van der Waals surface area contributed by atoms with E-state index in [0.717, 1.165) is 82.4 Å². The third-order valence-corrected chi connectivity index (χ3v) is 16.4. The van der Waals surface area contributed by atoms with Gasteiger partial charge in [0.1, 0.15) is 37.2 Å². The fraction of sp³-hybridized carbons (Fsp3) is 0.188. The van der Waals surface area contributed by atoms with Crippen LogP contribution in [0.2, 0.25) is 0 Å². The number of ketones is 3. The molecule has 15 nitrogen and oxygen atoms in total. The van der Waals surface area contributed by atoms with Gasteiger partial charge in [0.15, 0.2) is 0 Å². The summed E-state index contributed by atoms with van der Waals surface area (Å²) in [6.45, 7) is 5.21. The second kappa shape index (κ2) is 44.2. The summed E-state index contributed by atoms with van der Waals surface area (Å²) in [4.78, 5) is 87.6. The smallest absolute Gasteiger partial charge is 0.338 e. The number of nitrogens with two attached hydrogens (primary N) is 3. The Labute approximate surface area is 626 Å². The molecule has 19 heteroatoms. The minimum atomic E-state index is -0.385. The van der Waals surface area contributed by atoms with Gasteiger partial charge in [0.25, 0.3) is 0 Å². The van der Waals surface area contributed by atoms with Crippen LogP contribution in [0, 0.1) is 0 Å². The van der Waals surface area contributed by atoms with Crippen LogP contribution in [-0.2, 0) is 67.7 Å². The van der Waals surface area contributed by atoms with Gasteiger partial charge in [-0.05, 0) is 121 Å². The van der Waals surface area contributed by atoms with Crippen LogP contribution < -0.4 is 17.2 Å². The van der Waals surface area contributed by atoms with Crippen LogP contribution in [0.25, 0.3) is 32.3 Å². The fourth-order valence-electron chi connectivity index (χ4n) is 11.0. The molecule has 0 aliphatic carbocycles. The first kappa shape index (κ1) is 81.0. The molecule has 12 aromatic rings. The summed E-state index contributed by atoms with van der Waals surface area (Å²) in [6, 6.07) is 72.8. The average Bonchev–Trinajstić information content (AvgIpc) is 0.845. The summed E-state index contributed by atoms with van der Waals surface area (Å²) >= 11 is 19.1. The molecule has 3 aromatic heterocycles. The Morgan fingerprint density at radius 2 is 0.548 bits per heavy atom. The highest BCUT2D eigenvalue weighted by Gasteiger charge is 2.23. The first-order valence-corrected chi connectivity index (χ1v) is 35.7. The Morgan fingerprint density at radius 3 is 0.779 bits per heavy atom. The number of aromatic nitrogens is 3. The largest absolute Gasteiger partial charge is 0.457 e. The molecule has 6 N–H and O–H groups in total. The van der Waals surface area contributed by atoms with Crippen molar-refractivity contribution in [2.75, 3.05) is 30.3 Å². The first-order valence-electron chi connectivity index (χ1n) is 33.6. The predicted octanol–water partition coefficient (Wildman–Crippen LogP) is 17.2. The van der Waals surface area contributed by atoms with Crippen molar-refractivity contribution in [3.63, 3.8) is 0 Å². The Morgan fingerprint density at radius 1 is 0.317 bits per heavy atom. The van der Waals surface area contributed by atoms with Gasteiger partial charge in [-0.25, -0.2) is 14.4 Å². The summed E-state index contributed by atoms with van der Waals surface area (Å²) in [5.74, 6) is -2.03. The highest BCUT2D eigenvalue weighted by molar-refractivity contribution is 6.41. The number of hydrogen-bond acceptors (Lipinski definition) is 15. The summed E-state index contributed by atoms with van der Waals surface area (Å²) < 4.78 is 16.1. The molecule has 0 aliphatic rings. The molecule has 0 aliphatic heterocycles. The number of halogens is 4. The highest BCUT2D eigenvalue weighted by atomic mass is 35.5. The zero-order valence-electron chi connectivity index (χ0n) is 57.8. The van der Waals surface area contributed by atoms with E-state index in [-0.39, 0.29) is 103 Å². The lowest BCUT2D eigenvalue weighted by molar-refractivity contribution is -0.120. The second-order valence-electron chi connectivity index (χ2n) is 23.2. The quantitative estimate of drug-likeness (QED) is 0.0289. The molecule has 0 spiro atoms. The van der Waals surface area contributed by atoms with Crippen LogP contribution in [0.4, 0.5) is 0 Å². The van der Waals surface area contributed by atoms with Crippen LogP contribution in [-0.4, -0.2) is 80.5 Å². The topological polar surface area (TPSA) is 247 Å². The van der Waals surface area contributed by atoms with E-state index in [4.69, 9.17) is 77.8 Å². The van der Waals surface area contributed by atoms with E-state index < -0.39 is 0 Å². The van der Waals surface area contributed by atoms with Gasteiger partial charge < -0.3 is 31.4 Å². The van der Waals surface area contributed by atoms with Crippen molar-refractivity contribution in [3.8, 4) is 0 Å². The van der Waals surface area contributed by atoms with Gasteiger partial charge >= 0.3 is 17.9 Å². The van der Waals surface area contributed by atoms with Gasteiger partial charge in [-0.15, -0.1) is 46.4 Å². The molecular formula is C85H82Cl4N6O9. The SMILES string of the molecule is CC.ClCCl.ClCCl.NC[C@@H](C(=O)Cc1ccc2cnccc2c1)c1ccc(COC(=O)c2ccccc2)cc1.NC[C@@H](C(=O)Cc1ccc2cnccc2c1)c1ccc(COC(=O)c2ccccc2)cc1.NC[C@@H](C(=O)Cc1ccc2cnccc2c1)c1ccc(COC(=O)c2ccccc2)cc1. The standard InChI is InChI=1S/3C27H24N2O3.C2H6.2CH2Cl2/c3*28-16-25(26(30)15-20-8-11-24-17-29-13-12-23(24)14-20)21-9-6-19(7-10-21)18-32-27(31)22-4-2-1-3-5-22;1-2;2*2-1-3/h3*1-14,17,25H,15-16,18,28H2;1-2H3;2*1H2/t3*25-;;;/m111.../s1. The second-order valence-corrected chi connectivity index (χ2v) is 24.8. The van der Waals surface area contributed by atoms with Crippen molar-refractivity contribution in [3.05, 3.63) is 341 Å². The van der Waals surface area contributed by atoms with Gasteiger partial charge in [0.2, 0.25) is 0 Å². The summed E-state index contributed by atoms with van der Waals surface area (Å²) in [5.41, 5.74) is 27.4. The first-order chi connectivity index (χ1) is 50.7. The number of fused-ring (bicyclic) bond motifs is 3. The number of hydrogen-bond donors (Lipinski definition) is 3. The molecule has 0 fully saturated rings. The Hall–Kier alpha value is -10.3. The molecule has 0 unspecified atom stereocenters. The number of pyridine rings is 3. The molecule has 0 radical (unpaired) electrons. The number of carbonyl (C=O) groups is 6. The zero-order chi connectivity index (χ0) is 74.4. The van der Waals surface area contributed by atoms with Crippen molar-refractivity contribution in [1.29, 1.82) is 0 Å². The monoisotopic (exact) mass is 1470 g/mol. The maximum atomic E-state index is 13.0. The van der Waals surface area contributed by atoms with E-state index in [1.807, 2.05) is 196 Å². The maximum absolute atomic E-state index is 13.0. The molecule has 9 aromatic carbocycles. The minimum absolute atomic E-state index is 0.0733. The van der Waals surface area contributed by atoms with Crippen LogP contribution in [0.3, 0.4) is 0 Å². The maximum Gasteiger partial charge on any atom is 0.338 e. The van der Waals surface area contributed by atoms with Gasteiger partial charge in [-0.1, -0.05) is 196 Å².